The highest BCUT2D eigenvalue weighted by atomic mass is 32.2. The molecule has 2 heterocycles. The lowest BCUT2D eigenvalue weighted by atomic mass is 10.2. The quantitative estimate of drug-likeness (QED) is 0.780. The van der Waals surface area contributed by atoms with E-state index >= 15 is 0 Å². The molecular formula is C18H18N4O2S. The number of pyridine rings is 1. The lowest BCUT2D eigenvalue weighted by molar-refractivity contribution is -0.115. The highest BCUT2D eigenvalue weighted by Crippen LogP contribution is 2.25. The van der Waals surface area contributed by atoms with Gasteiger partial charge in [-0.2, -0.15) is 0 Å². The number of benzene rings is 1. The van der Waals surface area contributed by atoms with Gasteiger partial charge in [-0.15, -0.1) is 0 Å². The van der Waals surface area contributed by atoms with Gasteiger partial charge in [-0.05, 0) is 47.7 Å². The van der Waals surface area contributed by atoms with E-state index in [1.54, 1.807) is 12.3 Å². The van der Waals surface area contributed by atoms with Gasteiger partial charge in [0.1, 0.15) is 18.2 Å². The van der Waals surface area contributed by atoms with Crippen LogP contribution in [0.1, 0.15) is 5.56 Å². The molecule has 1 aliphatic heterocycles. The summed E-state index contributed by atoms with van der Waals surface area (Å²) in [5.74, 6) is 1.45. The van der Waals surface area contributed by atoms with Gasteiger partial charge in [0.25, 0.3) is 5.91 Å². The molecule has 6 nitrogen and oxygen atoms in total. The van der Waals surface area contributed by atoms with Gasteiger partial charge in [0.05, 0.1) is 11.4 Å². The summed E-state index contributed by atoms with van der Waals surface area (Å²) >= 11 is 1.13. The summed E-state index contributed by atoms with van der Waals surface area (Å²) in [7, 11) is 1.98. The fourth-order valence-electron chi connectivity index (χ4n) is 2.25. The van der Waals surface area contributed by atoms with Crippen molar-refractivity contribution in [3.63, 3.8) is 0 Å². The number of amides is 1. The number of hydrogen-bond acceptors (Lipinski definition) is 6. The number of nitrogens with one attached hydrogen (secondary N) is 2. The van der Waals surface area contributed by atoms with E-state index in [9.17, 15) is 4.79 Å². The Bertz CT molecular complexity index is 790. The number of ether oxygens (including phenoxy) is 1. The Labute approximate surface area is 150 Å². The number of amidine groups is 1. The molecule has 1 aliphatic rings. The third-order valence-electron chi connectivity index (χ3n) is 3.58. The SMILES string of the molecule is CN(CCOc1ccc(C=C2SC(=N)NC2=O)cc1)c1ccccn1. The molecule has 128 valence electrons. The number of thioether (sulfide) groups is 1. The maximum absolute atomic E-state index is 11.6. The smallest absolute Gasteiger partial charge is 0.264 e. The topological polar surface area (TPSA) is 78.3 Å². The largest absolute Gasteiger partial charge is 0.492 e. The Morgan fingerprint density at radius 3 is 2.72 bits per heavy atom. The molecule has 1 aromatic heterocycles. The van der Waals surface area contributed by atoms with E-state index in [2.05, 4.69) is 10.3 Å². The van der Waals surface area contributed by atoms with E-state index in [1.165, 1.54) is 0 Å². The van der Waals surface area contributed by atoms with Crippen molar-refractivity contribution in [3.05, 3.63) is 59.1 Å². The molecule has 0 unspecified atom stereocenters. The summed E-state index contributed by atoms with van der Waals surface area (Å²) in [6.45, 7) is 1.27. The number of aromatic nitrogens is 1. The van der Waals surface area contributed by atoms with Gasteiger partial charge in [-0.3, -0.25) is 10.2 Å². The molecule has 3 rings (SSSR count). The van der Waals surface area contributed by atoms with E-state index in [0.717, 1.165) is 35.4 Å². The molecule has 1 amide bonds. The summed E-state index contributed by atoms with van der Waals surface area (Å²) in [5.41, 5.74) is 0.894. The number of rotatable bonds is 6. The molecule has 0 atom stereocenters. The van der Waals surface area contributed by atoms with Crippen LogP contribution >= 0.6 is 11.8 Å². The summed E-state index contributed by atoms with van der Waals surface area (Å²) in [5, 5.41) is 10.1. The van der Waals surface area contributed by atoms with E-state index in [-0.39, 0.29) is 11.1 Å². The fourth-order valence-corrected chi connectivity index (χ4v) is 2.95. The minimum absolute atomic E-state index is 0.160. The average molecular weight is 354 g/mol. The van der Waals surface area contributed by atoms with Crippen LogP contribution in [0, 0.1) is 5.41 Å². The monoisotopic (exact) mass is 354 g/mol. The first-order valence-corrected chi connectivity index (χ1v) is 8.58. The Balaban J connectivity index is 1.52. The zero-order valence-electron chi connectivity index (χ0n) is 13.7. The number of likely N-dealkylation sites (N-methyl/N-ethyl adjacent to an activating group) is 1. The third-order valence-corrected chi connectivity index (χ3v) is 4.41. The third kappa shape index (κ3) is 4.60. The second kappa shape index (κ2) is 7.85. The summed E-state index contributed by atoms with van der Waals surface area (Å²) in [6, 6.07) is 13.3. The molecule has 1 saturated heterocycles. The zero-order valence-corrected chi connectivity index (χ0v) is 14.5. The van der Waals surface area contributed by atoms with Crippen molar-refractivity contribution < 1.29 is 9.53 Å². The number of carbonyl (C=O) groups excluding carboxylic acids is 1. The first kappa shape index (κ1) is 17.0. The number of nitrogens with zero attached hydrogens (tertiary/aromatic N) is 2. The van der Waals surface area contributed by atoms with Crippen LogP contribution in [0.3, 0.4) is 0 Å². The van der Waals surface area contributed by atoms with Gasteiger partial charge in [-0.1, -0.05) is 18.2 Å². The molecule has 0 spiro atoms. The summed E-state index contributed by atoms with van der Waals surface area (Å²) < 4.78 is 5.75. The van der Waals surface area contributed by atoms with Crippen molar-refractivity contribution in [2.45, 2.75) is 0 Å². The minimum atomic E-state index is -0.229. The molecule has 1 fully saturated rings. The molecule has 0 aliphatic carbocycles. The van der Waals surface area contributed by atoms with Crippen molar-refractivity contribution in [1.82, 2.24) is 10.3 Å². The van der Waals surface area contributed by atoms with Crippen molar-refractivity contribution in [2.75, 3.05) is 25.1 Å². The molecule has 0 saturated carbocycles. The zero-order chi connectivity index (χ0) is 17.6. The van der Waals surface area contributed by atoms with Crippen LogP contribution in [0.4, 0.5) is 5.82 Å². The summed E-state index contributed by atoms with van der Waals surface area (Å²) in [4.78, 5) is 18.4. The lowest BCUT2D eigenvalue weighted by Crippen LogP contribution is -2.24. The average Bonchev–Trinajstić information content (AvgIpc) is 2.94. The molecule has 0 bridgehead atoms. The lowest BCUT2D eigenvalue weighted by Gasteiger charge is -2.18. The van der Waals surface area contributed by atoms with Crippen LogP contribution < -0.4 is 15.0 Å². The predicted octanol–water partition coefficient (Wildman–Crippen LogP) is 2.74. The predicted molar refractivity (Wildman–Crippen MR) is 101 cm³/mol. The number of carbonyl (C=O) groups is 1. The van der Waals surface area contributed by atoms with Crippen molar-refractivity contribution in [2.24, 2.45) is 0 Å². The van der Waals surface area contributed by atoms with Crippen molar-refractivity contribution in [1.29, 1.82) is 5.41 Å². The molecule has 7 heteroatoms. The Kier molecular flexibility index (Phi) is 5.35. The highest BCUT2D eigenvalue weighted by molar-refractivity contribution is 8.18. The second-order valence-electron chi connectivity index (χ2n) is 5.42. The van der Waals surface area contributed by atoms with E-state index in [0.29, 0.717) is 11.5 Å². The van der Waals surface area contributed by atoms with Gasteiger partial charge in [0.15, 0.2) is 5.17 Å². The molecule has 25 heavy (non-hydrogen) atoms. The number of hydrogen-bond donors (Lipinski definition) is 2. The molecule has 1 aromatic carbocycles. The van der Waals surface area contributed by atoms with Crippen LogP contribution in [0.25, 0.3) is 6.08 Å². The minimum Gasteiger partial charge on any atom is -0.492 e. The first-order chi connectivity index (χ1) is 12.1. The van der Waals surface area contributed by atoms with Gasteiger partial charge in [0, 0.05) is 13.2 Å². The molecule has 0 radical (unpaired) electrons. The number of anilines is 1. The van der Waals surface area contributed by atoms with Crippen LogP contribution in [0.15, 0.2) is 53.6 Å². The fraction of sp³-hybridized carbons (Fsp3) is 0.167. The van der Waals surface area contributed by atoms with E-state index in [4.69, 9.17) is 10.1 Å². The summed E-state index contributed by atoms with van der Waals surface area (Å²) in [6.07, 6.45) is 3.53. The van der Waals surface area contributed by atoms with Gasteiger partial charge >= 0.3 is 0 Å². The molecule has 2 aromatic rings. The Morgan fingerprint density at radius 2 is 2.08 bits per heavy atom. The van der Waals surface area contributed by atoms with Crippen LogP contribution in [0.5, 0.6) is 5.75 Å². The van der Waals surface area contributed by atoms with Crippen LogP contribution in [-0.2, 0) is 4.79 Å². The molecule has 2 N–H and O–H groups in total. The second-order valence-corrected chi connectivity index (χ2v) is 6.47. The Morgan fingerprint density at radius 1 is 1.28 bits per heavy atom. The normalized spacial score (nSPS) is 15.3. The van der Waals surface area contributed by atoms with Gasteiger partial charge in [0.2, 0.25) is 0 Å². The van der Waals surface area contributed by atoms with Crippen LogP contribution in [0.2, 0.25) is 0 Å². The van der Waals surface area contributed by atoms with E-state index in [1.807, 2.05) is 54.4 Å². The van der Waals surface area contributed by atoms with Crippen LogP contribution in [-0.4, -0.2) is 36.3 Å². The first-order valence-electron chi connectivity index (χ1n) is 7.76. The highest BCUT2D eigenvalue weighted by Gasteiger charge is 2.21. The standard InChI is InChI=1S/C18H18N4O2S/c1-22(16-4-2-3-9-20-16)10-11-24-14-7-5-13(6-8-14)12-15-17(23)21-18(19)25-15/h2-9,12H,10-11H2,1H3,(H2,19,21,23). The maximum Gasteiger partial charge on any atom is 0.264 e. The maximum atomic E-state index is 11.6. The Hall–Kier alpha value is -2.80. The van der Waals surface area contributed by atoms with Gasteiger partial charge in [-0.25, -0.2) is 4.98 Å². The van der Waals surface area contributed by atoms with Gasteiger partial charge < -0.3 is 15.0 Å². The van der Waals surface area contributed by atoms with Crippen molar-refractivity contribution in [3.8, 4) is 5.75 Å². The van der Waals surface area contributed by atoms with Crippen molar-refractivity contribution >= 4 is 34.7 Å². The molecular weight excluding hydrogens is 336 g/mol. The van der Waals surface area contributed by atoms with E-state index < -0.39 is 0 Å².